The van der Waals surface area contributed by atoms with Crippen LogP contribution in [-0.4, -0.2) is 19.8 Å². The fourth-order valence-electron chi connectivity index (χ4n) is 2.44. The number of ether oxygens (including phenoxy) is 1. The Bertz CT molecular complexity index is 391. The van der Waals surface area contributed by atoms with E-state index in [4.69, 9.17) is 4.74 Å². The Morgan fingerprint density at radius 2 is 2.22 bits per heavy atom. The van der Waals surface area contributed by atoms with Crippen molar-refractivity contribution in [3.8, 4) is 0 Å². The summed E-state index contributed by atoms with van der Waals surface area (Å²) in [5.41, 5.74) is 0.381. The fraction of sp³-hybridized carbons (Fsp3) is 0.571. The van der Waals surface area contributed by atoms with E-state index in [0.29, 0.717) is 12.0 Å². The zero-order chi connectivity index (χ0) is 13.0. The third-order valence-electron chi connectivity index (χ3n) is 3.45. The zero-order valence-electron chi connectivity index (χ0n) is 10.6. The van der Waals surface area contributed by atoms with E-state index in [2.05, 4.69) is 5.32 Å². The Morgan fingerprint density at radius 1 is 1.39 bits per heavy atom. The van der Waals surface area contributed by atoms with Crippen LogP contribution in [-0.2, 0) is 4.74 Å². The highest BCUT2D eigenvalue weighted by Gasteiger charge is 2.22. The second-order valence-corrected chi connectivity index (χ2v) is 4.73. The molecule has 0 radical (unpaired) electrons. The summed E-state index contributed by atoms with van der Waals surface area (Å²) in [4.78, 5) is 0. The Balaban J connectivity index is 2.09. The number of benzene rings is 1. The van der Waals surface area contributed by atoms with Gasteiger partial charge in [-0.15, -0.1) is 0 Å². The van der Waals surface area contributed by atoms with Gasteiger partial charge < -0.3 is 10.1 Å². The second kappa shape index (κ2) is 6.25. The lowest BCUT2D eigenvalue weighted by Gasteiger charge is -2.27. The molecule has 0 saturated carbocycles. The molecule has 1 heterocycles. The Morgan fingerprint density at radius 3 is 2.89 bits per heavy atom. The lowest BCUT2D eigenvalue weighted by molar-refractivity contribution is 0.00528. The van der Waals surface area contributed by atoms with E-state index < -0.39 is 5.82 Å². The van der Waals surface area contributed by atoms with Crippen molar-refractivity contribution in [1.29, 1.82) is 0 Å². The minimum Gasteiger partial charge on any atom is -0.378 e. The molecule has 100 valence electrons. The molecule has 1 fully saturated rings. The molecule has 0 aromatic heterocycles. The summed E-state index contributed by atoms with van der Waals surface area (Å²) >= 11 is 0. The van der Waals surface area contributed by atoms with Gasteiger partial charge in [-0.1, -0.05) is 0 Å². The summed E-state index contributed by atoms with van der Waals surface area (Å²) in [6.45, 7) is 0.771. The van der Waals surface area contributed by atoms with Crippen molar-refractivity contribution in [1.82, 2.24) is 5.32 Å². The van der Waals surface area contributed by atoms with Crippen molar-refractivity contribution >= 4 is 0 Å². The maximum absolute atomic E-state index is 13.7. The van der Waals surface area contributed by atoms with E-state index >= 15 is 0 Å². The maximum Gasteiger partial charge on any atom is 0.128 e. The van der Waals surface area contributed by atoms with Gasteiger partial charge in [0.2, 0.25) is 0 Å². The smallest absolute Gasteiger partial charge is 0.128 e. The van der Waals surface area contributed by atoms with Gasteiger partial charge in [-0.05, 0) is 50.9 Å². The predicted octanol–water partition coefficient (Wildman–Crippen LogP) is 3.18. The van der Waals surface area contributed by atoms with Gasteiger partial charge in [0.25, 0.3) is 0 Å². The molecule has 1 aliphatic heterocycles. The molecule has 2 atom stereocenters. The molecule has 1 aromatic carbocycles. The van der Waals surface area contributed by atoms with Crippen LogP contribution in [0.4, 0.5) is 8.78 Å². The van der Waals surface area contributed by atoms with E-state index in [9.17, 15) is 8.78 Å². The van der Waals surface area contributed by atoms with Gasteiger partial charge >= 0.3 is 0 Å². The predicted molar refractivity (Wildman–Crippen MR) is 66.4 cm³/mol. The Labute approximate surface area is 106 Å². The molecular formula is C14H19F2NO. The summed E-state index contributed by atoms with van der Waals surface area (Å²) in [5, 5.41) is 3.05. The van der Waals surface area contributed by atoms with Gasteiger partial charge in [-0.3, -0.25) is 0 Å². The monoisotopic (exact) mass is 255 g/mol. The lowest BCUT2D eigenvalue weighted by Crippen LogP contribution is -2.27. The minimum atomic E-state index is -0.406. The summed E-state index contributed by atoms with van der Waals surface area (Å²) in [7, 11) is 1.76. The van der Waals surface area contributed by atoms with Crippen LogP contribution in [0.5, 0.6) is 0 Å². The number of halogens is 2. The first-order valence-electron chi connectivity index (χ1n) is 6.44. The highest BCUT2D eigenvalue weighted by atomic mass is 19.1. The Hall–Kier alpha value is -1.00. The SMILES string of the molecule is CNC(CC1CCCCO1)c1cc(F)ccc1F. The van der Waals surface area contributed by atoms with Crippen LogP contribution in [0.1, 0.15) is 37.3 Å². The first-order valence-corrected chi connectivity index (χ1v) is 6.44. The summed E-state index contributed by atoms with van der Waals surface area (Å²) < 4.78 is 32.6. The van der Waals surface area contributed by atoms with E-state index in [-0.39, 0.29) is 18.0 Å². The van der Waals surface area contributed by atoms with Crippen LogP contribution < -0.4 is 5.32 Å². The number of hydrogen-bond donors (Lipinski definition) is 1. The molecule has 0 spiro atoms. The molecule has 0 amide bonds. The molecule has 1 aliphatic rings. The molecule has 1 N–H and O–H groups in total. The molecule has 2 nitrogen and oxygen atoms in total. The van der Waals surface area contributed by atoms with Crippen LogP contribution in [0.25, 0.3) is 0 Å². The van der Waals surface area contributed by atoms with Crippen molar-refractivity contribution < 1.29 is 13.5 Å². The topological polar surface area (TPSA) is 21.3 Å². The third-order valence-corrected chi connectivity index (χ3v) is 3.45. The van der Waals surface area contributed by atoms with Gasteiger partial charge in [0.05, 0.1) is 6.10 Å². The van der Waals surface area contributed by atoms with E-state index in [0.717, 1.165) is 31.9 Å². The molecule has 4 heteroatoms. The first kappa shape index (κ1) is 13.4. The molecule has 1 saturated heterocycles. The van der Waals surface area contributed by atoms with Gasteiger partial charge in [-0.25, -0.2) is 8.78 Å². The normalized spacial score (nSPS) is 21.8. The number of nitrogens with one attached hydrogen (secondary N) is 1. The minimum absolute atomic E-state index is 0.138. The van der Waals surface area contributed by atoms with Crippen molar-refractivity contribution in [2.24, 2.45) is 0 Å². The van der Waals surface area contributed by atoms with Crippen LogP contribution in [0.3, 0.4) is 0 Å². The van der Waals surface area contributed by atoms with E-state index in [1.54, 1.807) is 7.05 Å². The van der Waals surface area contributed by atoms with Crippen LogP contribution in [0.2, 0.25) is 0 Å². The number of hydrogen-bond acceptors (Lipinski definition) is 2. The molecule has 2 unspecified atom stereocenters. The van der Waals surface area contributed by atoms with Gasteiger partial charge in [0.15, 0.2) is 0 Å². The van der Waals surface area contributed by atoms with E-state index in [1.807, 2.05) is 0 Å². The fourth-order valence-corrected chi connectivity index (χ4v) is 2.44. The summed E-state index contributed by atoms with van der Waals surface area (Å²) in [6.07, 6.45) is 4.05. The van der Waals surface area contributed by atoms with Crippen molar-refractivity contribution in [2.75, 3.05) is 13.7 Å². The van der Waals surface area contributed by atoms with Crippen molar-refractivity contribution in [3.63, 3.8) is 0 Å². The molecule has 0 aliphatic carbocycles. The standard InChI is InChI=1S/C14H19F2NO/c1-17-14(9-11-4-2-3-7-18-11)12-8-10(15)5-6-13(12)16/h5-6,8,11,14,17H,2-4,7,9H2,1H3. The van der Waals surface area contributed by atoms with E-state index in [1.165, 1.54) is 12.1 Å². The summed E-state index contributed by atoms with van der Waals surface area (Å²) in [5.74, 6) is -0.775. The first-order chi connectivity index (χ1) is 8.70. The zero-order valence-corrected chi connectivity index (χ0v) is 10.6. The molecular weight excluding hydrogens is 236 g/mol. The van der Waals surface area contributed by atoms with Crippen LogP contribution >= 0.6 is 0 Å². The third kappa shape index (κ3) is 3.27. The average Bonchev–Trinajstić information content (AvgIpc) is 2.40. The van der Waals surface area contributed by atoms with Crippen LogP contribution in [0.15, 0.2) is 18.2 Å². The summed E-state index contributed by atoms with van der Waals surface area (Å²) in [6, 6.07) is 3.38. The molecule has 2 rings (SSSR count). The maximum atomic E-state index is 13.7. The van der Waals surface area contributed by atoms with Gasteiger partial charge in [-0.2, -0.15) is 0 Å². The van der Waals surface area contributed by atoms with Crippen molar-refractivity contribution in [2.45, 2.75) is 37.8 Å². The molecule has 1 aromatic rings. The van der Waals surface area contributed by atoms with Crippen molar-refractivity contribution in [3.05, 3.63) is 35.4 Å². The Kier molecular flexibility index (Phi) is 4.66. The highest BCUT2D eigenvalue weighted by molar-refractivity contribution is 5.22. The average molecular weight is 255 g/mol. The quantitative estimate of drug-likeness (QED) is 0.892. The highest BCUT2D eigenvalue weighted by Crippen LogP contribution is 2.26. The molecule has 18 heavy (non-hydrogen) atoms. The van der Waals surface area contributed by atoms with Gasteiger partial charge in [0.1, 0.15) is 11.6 Å². The van der Waals surface area contributed by atoms with Crippen LogP contribution in [0, 0.1) is 11.6 Å². The molecule has 0 bridgehead atoms. The number of rotatable bonds is 4. The largest absolute Gasteiger partial charge is 0.378 e. The van der Waals surface area contributed by atoms with Gasteiger partial charge in [0, 0.05) is 18.2 Å². The second-order valence-electron chi connectivity index (χ2n) is 4.73. The lowest BCUT2D eigenvalue weighted by atomic mass is 9.96.